The second kappa shape index (κ2) is 10.5. The summed E-state index contributed by atoms with van der Waals surface area (Å²) in [6.45, 7) is 3.86. The molecule has 1 aliphatic rings. The molecule has 0 atom stereocenters. The molecule has 1 heterocycles. The number of hydrogen-bond donors (Lipinski definition) is 2. The molecular weight excluding hydrogens is 391 g/mol. The lowest BCUT2D eigenvalue weighted by Crippen LogP contribution is -2.33. The van der Waals surface area contributed by atoms with E-state index in [2.05, 4.69) is 5.32 Å². The van der Waals surface area contributed by atoms with Crippen LogP contribution in [0.25, 0.3) is 0 Å². The number of nitrogens with one attached hydrogen (secondary N) is 1. The topological polar surface area (TPSA) is 78.9 Å². The number of halogens is 2. The molecule has 0 radical (unpaired) electrons. The van der Waals surface area contributed by atoms with E-state index in [1.165, 1.54) is 4.90 Å². The average molecular weight is 415 g/mol. The van der Waals surface area contributed by atoms with E-state index in [1.54, 1.807) is 12.1 Å². The molecular formula is C19H24Cl2N2O4. The zero-order valence-corrected chi connectivity index (χ0v) is 16.8. The van der Waals surface area contributed by atoms with E-state index < -0.39 is 17.6 Å². The van der Waals surface area contributed by atoms with Gasteiger partial charge in [-0.05, 0) is 37.0 Å². The first-order valence-electron chi connectivity index (χ1n) is 8.95. The van der Waals surface area contributed by atoms with Crippen molar-refractivity contribution in [1.82, 2.24) is 10.2 Å². The van der Waals surface area contributed by atoms with Crippen molar-refractivity contribution < 1.29 is 19.4 Å². The van der Waals surface area contributed by atoms with Gasteiger partial charge in [0, 0.05) is 19.7 Å². The molecule has 0 aliphatic carbocycles. The fourth-order valence-electron chi connectivity index (χ4n) is 2.69. The first kappa shape index (κ1) is 21.5. The molecule has 27 heavy (non-hydrogen) atoms. The molecule has 2 amide bonds. The van der Waals surface area contributed by atoms with Crippen molar-refractivity contribution in [3.8, 4) is 0 Å². The van der Waals surface area contributed by atoms with Gasteiger partial charge in [-0.1, -0.05) is 36.2 Å². The Morgan fingerprint density at radius 3 is 2.78 bits per heavy atom. The van der Waals surface area contributed by atoms with E-state index in [0.717, 1.165) is 18.4 Å². The fraction of sp³-hybridized carbons (Fsp3) is 0.474. The zero-order valence-electron chi connectivity index (χ0n) is 15.3. The second-order valence-corrected chi connectivity index (χ2v) is 7.09. The van der Waals surface area contributed by atoms with Crippen LogP contribution in [-0.2, 0) is 20.7 Å². The maximum Gasteiger partial charge on any atom is 0.289 e. The molecule has 0 saturated heterocycles. The van der Waals surface area contributed by atoms with Gasteiger partial charge in [0.05, 0.1) is 28.8 Å². The number of amides is 2. The van der Waals surface area contributed by atoms with Crippen molar-refractivity contribution in [2.24, 2.45) is 0 Å². The Bertz CT molecular complexity index is 722. The highest BCUT2D eigenvalue weighted by Crippen LogP contribution is 2.23. The van der Waals surface area contributed by atoms with Crippen molar-refractivity contribution in [1.29, 1.82) is 0 Å². The number of nitrogens with zero attached hydrogens (tertiary/aromatic N) is 1. The number of carbonyl (C=O) groups excluding carboxylic acids is 2. The summed E-state index contributed by atoms with van der Waals surface area (Å²) in [6, 6.07) is 5.43. The summed E-state index contributed by atoms with van der Waals surface area (Å²) >= 11 is 11.9. The monoisotopic (exact) mass is 414 g/mol. The SMILES string of the molecule is CCCOCCN1CC(C(=O)NCCCc2ccc(Cl)c(Cl)c2)=C(O)C1=O. The number of aryl methyl sites for hydroxylation is 1. The van der Waals surface area contributed by atoms with Gasteiger partial charge in [-0.3, -0.25) is 9.59 Å². The molecule has 0 fully saturated rings. The van der Waals surface area contributed by atoms with E-state index >= 15 is 0 Å². The van der Waals surface area contributed by atoms with Crippen LogP contribution in [0.5, 0.6) is 0 Å². The van der Waals surface area contributed by atoms with Crippen LogP contribution in [-0.4, -0.2) is 54.7 Å². The lowest BCUT2D eigenvalue weighted by atomic mass is 10.1. The van der Waals surface area contributed by atoms with Crippen LogP contribution < -0.4 is 5.32 Å². The van der Waals surface area contributed by atoms with Gasteiger partial charge in [0.25, 0.3) is 11.8 Å². The van der Waals surface area contributed by atoms with Crippen LogP contribution in [0.4, 0.5) is 0 Å². The van der Waals surface area contributed by atoms with Crippen molar-refractivity contribution in [2.75, 3.05) is 32.8 Å². The Morgan fingerprint density at radius 2 is 2.07 bits per heavy atom. The molecule has 2 N–H and O–H groups in total. The van der Waals surface area contributed by atoms with Gasteiger partial charge < -0.3 is 20.1 Å². The van der Waals surface area contributed by atoms with Crippen LogP contribution in [0.2, 0.25) is 10.0 Å². The van der Waals surface area contributed by atoms with Gasteiger partial charge in [-0.25, -0.2) is 0 Å². The van der Waals surface area contributed by atoms with Gasteiger partial charge in [0.2, 0.25) is 0 Å². The Balaban J connectivity index is 1.76. The molecule has 0 saturated carbocycles. The highest BCUT2D eigenvalue weighted by Gasteiger charge is 2.33. The van der Waals surface area contributed by atoms with Gasteiger partial charge in [-0.15, -0.1) is 0 Å². The molecule has 1 aromatic rings. The number of benzene rings is 1. The second-order valence-electron chi connectivity index (χ2n) is 6.27. The van der Waals surface area contributed by atoms with Crippen LogP contribution >= 0.6 is 23.2 Å². The number of ether oxygens (including phenoxy) is 1. The van der Waals surface area contributed by atoms with E-state index in [4.69, 9.17) is 27.9 Å². The van der Waals surface area contributed by atoms with Crippen molar-refractivity contribution in [3.63, 3.8) is 0 Å². The first-order valence-corrected chi connectivity index (χ1v) is 9.70. The number of carbonyl (C=O) groups is 2. The smallest absolute Gasteiger partial charge is 0.289 e. The lowest BCUT2D eigenvalue weighted by molar-refractivity contribution is -0.128. The minimum absolute atomic E-state index is 0.0960. The maximum absolute atomic E-state index is 12.3. The number of hydrogen-bond acceptors (Lipinski definition) is 4. The quantitative estimate of drug-likeness (QED) is 0.576. The molecule has 0 spiro atoms. The Morgan fingerprint density at radius 1 is 1.30 bits per heavy atom. The van der Waals surface area contributed by atoms with Gasteiger partial charge >= 0.3 is 0 Å². The zero-order chi connectivity index (χ0) is 19.8. The molecule has 1 aliphatic heterocycles. The molecule has 6 nitrogen and oxygen atoms in total. The first-order chi connectivity index (χ1) is 12.9. The van der Waals surface area contributed by atoms with Gasteiger partial charge in [-0.2, -0.15) is 0 Å². The molecule has 8 heteroatoms. The van der Waals surface area contributed by atoms with Gasteiger partial charge in [0.1, 0.15) is 0 Å². The summed E-state index contributed by atoms with van der Waals surface area (Å²) < 4.78 is 5.35. The predicted octanol–water partition coefficient (Wildman–Crippen LogP) is 3.12. The normalized spacial score (nSPS) is 14.2. The number of aliphatic hydroxyl groups is 1. The molecule has 1 aromatic carbocycles. The van der Waals surface area contributed by atoms with Crippen molar-refractivity contribution >= 4 is 35.0 Å². The van der Waals surface area contributed by atoms with Crippen LogP contribution in [0.15, 0.2) is 29.5 Å². The van der Waals surface area contributed by atoms with Crippen LogP contribution in [0.3, 0.4) is 0 Å². The van der Waals surface area contributed by atoms with Gasteiger partial charge in [0.15, 0.2) is 5.76 Å². The molecule has 0 unspecified atom stereocenters. The predicted molar refractivity (Wildman–Crippen MR) is 105 cm³/mol. The van der Waals surface area contributed by atoms with E-state index in [-0.39, 0.29) is 12.1 Å². The largest absolute Gasteiger partial charge is 0.503 e. The third-order valence-corrected chi connectivity index (χ3v) is 4.90. The van der Waals surface area contributed by atoms with E-state index in [0.29, 0.717) is 42.8 Å². The summed E-state index contributed by atoms with van der Waals surface area (Å²) in [7, 11) is 0. The minimum Gasteiger partial charge on any atom is -0.503 e. The van der Waals surface area contributed by atoms with Crippen molar-refractivity contribution in [3.05, 3.63) is 45.1 Å². The maximum atomic E-state index is 12.3. The fourth-order valence-corrected chi connectivity index (χ4v) is 3.01. The Labute approximate surface area is 169 Å². The summed E-state index contributed by atoms with van der Waals surface area (Å²) in [5.41, 5.74) is 1.13. The molecule has 0 aromatic heterocycles. The third kappa shape index (κ3) is 6.13. The summed E-state index contributed by atoms with van der Waals surface area (Å²) in [5.74, 6) is -1.43. The Hall–Kier alpha value is -1.76. The van der Waals surface area contributed by atoms with E-state index in [9.17, 15) is 14.7 Å². The molecule has 2 rings (SSSR count). The van der Waals surface area contributed by atoms with Crippen molar-refractivity contribution in [2.45, 2.75) is 26.2 Å². The molecule has 0 bridgehead atoms. The summed E-state index contributed by atoms with van der Waals surface area (Å²) in [4.78, 5) is 25.7. The van der Waals surface area contributed by atoms with Crippen LogP contribution in [0, 0.1) is 0 Å². The van der Waals surface area contributed by atoms with Crippen LogP contribution in [0.1, 0.15) is 25.3 Å². The summed E-state index contributed by atoms with van der Waals surface area (Å²) in [5, 5.41) is 13.7. The third-order valence-electron chi connectivity index (χ3n) is 4.16. The summed E-state index contributed by atoms with van der Waals surface area (Å²) in [6.07, 6.45) is 2.32. The number of aliphatic hydroxyl groups excluding tert-OH is 1. The highest BCUT2D eigenvalue weighted by atomic mass is 35.5. The van der Waals surface area contributed by atoms with E-state index in [1.807, 2.05) is 13.0 Å². The average Bonchev–Trinajstić information content (AvgIpc) is 2.93. The number of rotatable bonds is 10. The Kier molecular flexibility index (Phi) is 8.41. The minimum atomic E-state index is -0.531. The lowest BCUT2D eigenvalue weighted by Gasteiger charge is -2.15. The highest BCUT2D eigenvalue weighted by molar-refractivity contribution is 6.42. The molecule has 148 valence electrons. The standard InChI is InChI=1S/C19H24Cl2N2O4/c1-2-9-27-10-8-23-12-14(17(24)19(23)26)18(25)22-7-3-4-13-5-6-15(20)16(21)11-13/h5-6,11,24H,2-4,7-10,12H2,1H3,(H,22,25).